The van der Waals surface area contributed by atoms with Crippen LogP contribution in [0.4, 0.5) is 0 Å². The minimum Gasteiger partial charge on any atom is -0.491 e. The quantitative estimate of drug-likeness (QED) is 0.858. The Hall–Kier alpha value is -0.730. The van der Waals surface area contributed by atoms with Crippen LogP contribution in [0, 0.1) is 5.92 Å². The Morgan fingerprint density at radius 2 is 1.87 bits per heavy atom. The molecule has 15 heavy (non-hydrogen) atoms. The molecule has 1 N–H and O–H groups in total. The van der Waals surface area contributed by atoms with Crippen molar-refractivity contribution >= 4 is 11.6 Å². The normalized spacial score (nSPS) is 15.1. The molecule has 84 valence electrons. The molecular formula is C12H17ClO2. The van der Waals surface area contributed by atoms with Gasteiger partial charge in [0.15, 0.2) is 0 Å². The number of benzene rings is 1. The van der Waals surface area contributed by atoms with E-state index in [1.807, 2.05) is 13.8 Å². The lowest BCUT2D eigenvalue weighted by molar-refractivity contribution is -0.0266. The van der Waals surface area contributed by atoms with Crippen LogP contribution in [0.15, 0.2) is 24.3 Å². The van der Waals surface area contributed by atoms with Gasteiger partial charge in [0.05, 0.1) is 5.60 Å². The third-order valence-electron chi connectivity index (χ3n) is 2.59. The van der Waals surface area contributed by atoms with E-state index in [0.717, 1.165) is 5.75 Å². The summed E-state index contributed by atoms with van der Waals surface area (Å²) in [7, 11) is 0. The van der Waals surface area contributed by atoms with Crippen molar-refractivity contribution in [3.63, 3.8) is 0 Å². The average molecular weight is 229 g/mol. The third-order valence-corrected chi connectivity index (χ3v) is 2.84. The monoisotopic (exact) mass is 228 g/mol. The second kappa shape index (κ2) is 4.86. The Bertz CT molecular complexity index is 304. The fourth-order valence-corrected chi connectivity index (χ4v) is 1.05. The summed E-state index contributed by atoms with van der Waals surface area (Å²) in [5.41, 5.74) is -0.806. The highest BCUT2D eigenvalue weighted by Gasteiger charge is 2.25. The van der Waals surface area contributed by atoms with Crippen molar-refractivity contribution in [3.05, 3.63) is 29.3 Å². The minimum atomic E-state index is -0.806. The first-order valence-corrected chi connectivity index (χ1v) is 5.40. The third kappa shape index (κ3) is 3.73. The van der Waals surface area contributed by atoms with Crippen LogP contribution in [0.5, 0.6) is 5.75 Å². The van der Waals surface area contributed by atoms with Crippen LogP contribution in [-0.4, -0.2) is 17.3 Å². The van der Waals surface area contributed by atoms with Crippen LogP contribution in [0.2, 0.25) is 5.02 Å². The molecule has 0 saturated carbocycles. The van der Waals surface area contributed by atoms with Crippen molar-refractivity contribution in [2.24, 2.45) is 5.92 Å². The Balaban J connectivity index is 2.54. The first-order chi connectivity index (χ1) is 6.92. The molecule has 0 heterocycles. The van der Waals surface area contributed by atoms with E-state index in [1.54, 1.807) is 31.2 Å². The zero-order valence-electron chi connectivity index (χ0n) is 9.33. The zero-order chi connectivity index (χ0) is 11.5. The molecule has 0 bridgehead atoms. The number of hydrogen-bond donors (Lipinski definition) is 1. The maximum absolute atomic E-state index is 9.96. The molecule has 0 aliphatic heterocycles. The molecule has 1 rings (SSSR count). The second-order valence-electron chi connectivity index (χ2n) is 4.25. The number of hydrogen-bond acceptors (Lipinski definition) is 2. The summed E-state index contributed by atoms with van der Waals surface area (Å²) < 4.78 is 5.48. The molecule has 0 saturated heterocycles. The standard InChI is InChI=1S/C12H17ClO2/c1-9(2)12(3,14)8-15-11-6-4-10(13)5-7-11/h4-7,9,14H,8H2,1-3H3. The molecule has 1 atom stereocenters. The van der Waals surface area contributed by atoms with Crippen molar-refractivity contribution in [1.29, 1.82) is 0 Å². The van der Waals surface area contributed by atoms with Gasteiger partial charge in [-0.05, 0) is 37.1 Å². The summed E-state index contributed by atoms with van der Waals surface area (Å²) in [6, 6.07) is 7.11. The minimum absolute atomic E-state index is 0.157. The summed E-state index contributed by atoms with van der Waals surface area (Å²) in [5.74, 6) is 0.880. The van der Waals surface area contributed by atoms with Crippen molar-refractivity contribution in [2.45, 2.75) is 26.4 Å². The molecule has 0 aliphatic carbocycles. The van der Waals surface area contributed by atoms with Crippen LogP contribution < -0.4 is 4.74 Å². The Kier molecular flexibility index (Phi) is 4.00. The summed E-state index contributed by atoms with van der Waals surface area (Å²) in [4.78, 5) is 0. The van der Waals surface area contributed by atoms with Gasteiger partial charge in [-0.1, -0.05) is 25.4 Å². The van der Waals surface area contributed by atoms with E-state index in [0.29, 0.717) is 5.02 Å². The van der Waals surface area contributed by atoms with Gasteiger partial charge in [-0.15, -0.1) is 0 Å². The predicted molar refractivity (Wildman–Crippen MR) is 62.4 cm³/mol. The SMILES string of the molecule is CC(C)C(C)(O)COc1ccc(Cl)cc1. The predicted octanol–water partition coefficient (Wildman–Crippen LogP) is 3.13. The van der Waals surface area contributed by atoms with Crippen molar-refractivity contribution in [1.82, 2.24) is 0 Å². The lowest BCUT2D eigenvalue weighted by atomic mass is 9.94. The highest BCUT2D eigenvalue weighted by atomic mass is 35.5. The lowest BCUT2D eigenvalue weighted by Gasteiger charge is -2.27. The highest BCUT2D eigenvalue weighted by molar-refractivity contribution is 6.30. The number of aliphatic hydroxyl groups is 1. The van der Waals surface area contributed by atoms with Crippen LogP contribution in [-0.2, 0) is 0 Å². The maximum Gasteiger partial charge on any atom is 0.119 e. The first-order valence-electron chi connectivity index (χ1n) is 5.02. The summed E-state index contributed by atoms with van der Waals surface area (Å²) in [6.45, 7) is 5.98. The molecule has 1 aromatic rings. The number of rotatable bonds is 4. The molecular weight excluding hydrogens is 212 g/mol. The van der Waals surface area contributed by atoms with Gasteiger partial charge in [0.2, 0.25) is 0 Å². The van der Waals surface area contributed by atoms with Gasteiger partial charge in [0.1, 0.15) is 12.4 Å². The molecule has 0 fully saturated rings. The van der Waals surface area contributed by atoms with E-state index in [2.05, 4.69) is 0 Å². The summed E-state index contributed by atoms with van der Waals surface area (Å²) in [5, 5.41) is 10.6. The van der Waals surface area contributed by atoms with E-state index in [-0.39, 0.29) is 12.5 Å². The average Bonchev–Trinajstić information content (AvgIpc) is 2.17. The van der Waals surface area contributed by atoms with Gasteiger partial charge in [0, 0.05) is 5.02 Å². The zero-order valence-corrected chi connectivity index (χ0v) is 10.1. The molecule has 0 spiro atoms. The largest absolute Gasteiger partial charge is 0.491 e. The Morgan fingerprint density at radius 3 is 2.33 bits per heavy atom. The molecule has 0 amide bonds. The molecule has 2 nitrogen and oxygen atoms in total. The second-order valence-corrected chi connectivity index (χ2v) is 4.69. The van der Waals surface area contributed by atoms with Crippen LogP contribution in [0.25, 0.3) is 0 Å². The van der Waals surface area contributed by atoms with Crippen LogP contribution in [0.3, 0.4) is 0 Å². The van der Waals surface area contributed by atoms with Gasteiger partial charge >= 0.3 is 0 Å². The topological polar surface area (TPSA) is 29.5 Å². The van der Waals surface area contributed by atoms with Gasteiger partial charge in [-0.25, -0.2) is 0 Å². The number of halogens is 1. The number of ether oxygens (including phenoxy) is 1. The van der Waals surface area contributed by atoms with E-state index in [9.17, 15) is 5.11 Å². The summed E-state index contributed by atoms with van der Waals surface area (Å²) in [6.07, 6.45) is 0. The lowest BCUT2D eigenvalue weighted by Crippen LogP contribution is -2.37. The van der Waals surface area contributed by atoms with Gasteiger partial charge in [-0.3, -0.25) is 0 Å². The van der Waals surface area contributed by atoms with E-state index >= 15 is 0 Å². The van der Waals surface area contributed by atoms with E-state index < -0.39 is 5.60 Å². The van der Waals surface area contributed by atoms with Crippen LogP contribution >= 0.6 is 11.6 Å². The van der Waals surface area contributed by atoms with Crippen molar-refractivity contribution < 1.29 is 9.84 Å². The Labute approximate surface area is 95.8 Å². The van der Waals surface area contributed by atoms with Gasteiger partial charge < -0.3 is 9.84 Å². The van der Waals surface area contributed by atoms with Crippen molar-refractivity contribution in [3.8, 4) is 5.75 Å². The molecule has 1 unspecified atom stereocenters. The first kappa shape index (κ1) is 12.3. The van der Waals surface area contributed by atoms with Gasteiger partial charge in [0.25, 0.3) is 0 Å². The molecule has 0 aliphatic rings. The molecule has 1 aromatic carbocycles. The van der Waals surface area contributed by atoms with E-state index in [4.69, 9.17) is 16.3 Å². The van der Waals surface area contributed by atoms with Crippen molar-refractivity contribution in [2.75, 3.05) is 6.61 Å². The summed E-state index contributed by atoms with van der Waals surface area (Å²) >= 11 is 5.75. The maximum atomic E-state index is 9.96. The molecule has 0 aromatic heterocycles. The highest BCUT2D eigenvalue weighted by Crippen LogP contribution is 2.20. The Morgan fingerprint density at radius 1 is 1.33 bits per heavy atom. The fraction of sp³-hybridized carbons (Fsp3) is 0.500. The van der Waals surface area contributed by atoms with E-state index in [1.165, 1.54) is 0 Å². The smallest absolute Gasteiger partial charge is 0.119 e. The van der Waals surface area contributed by atoms with Crippen LogP contribution in [0.1, 0.15) is 20.8 Å². The molecule has 3 heteroatoms. The molecule has 0 radical (unpaired) electrons. The van der Waals surface area contributed by atoms with Gasteiger partial charge in [-0.2, -0.15) is 0 Å². The fourth-order valence-electron chi connectivity index (χ4n) is 0.927.